The molecule has 0 atom stereocenters. The minimum atomic E-state index is -0.0999. The van der Waals surface area contributed by atoms with Crippen molar-refractivity contribution in [3.63, 3.8) is 0 Å². The number of aliphatic imine (C=N–C) groups is 1. The van der Waals surface area contributed by atoms with Crippen LogP contribution < -0.4 is 15.4 Å². The summed E-state index contributed by atoms with van der Waals surface area (Å²) in [5.41, 5.74) is 0. The third-order valence-electron chi connectivity index (χ3n) is 3.05. The highest BCUT2D eigenvalue weighted by atomic mass is 16.5. The molecule has 0 aliphatic rings. The van der Waals surface area contributed by atoms with Crippen LogP contribution in [-0.4, -0.2) is 70.8 Å². The van der Waals surface area contributed by atoms with Gasteiger partial charge in [-0.05, 0) is 12.1 Å². The van der Waals surface area contributed by atoms with Gasteiger partial charge >= 0.3 is 0 Å². The number of carbonyl (C=O) groups is 1. The Hall–Kier alpha value is -2.28. The van der Waals surface area contributed by atoms with Crippen LogP contribution in [0.5, 0.6) is 5.75 Å². The Balaban J connectivity index is 2.26. The first kappa shape index (κ1) is 18.8. The van der Waals surface area contributed by atoms with Crippen molar-refractivity contribution in [1.29, 1.82) is 0 Å². The molecular weight excluding hydrogens is 296 g/mol. The summed E-state index contributed by atoms with van der Waals surface area (Å²) in [6.45, 7) is 2.34. The van der Waals surface area contributed by atoms with Crippen molar-refractivity contribution in [3.8, 4) is 5.75 Å². The number of para-hydroxylation sites is 1. The maximum Gasteiger partial charge on any atom is 0.239 e. The molecule has 0 saturated heterocycles. The molecule has 1 aromatic carbocycles. The molecule has 1 rings (SSSR count). The van der Waals surface area contributed by atoms with E-state index in [1.807, 2.05) is 42.3 Å². The molecule has 128 valence electrons. The number of hydrogen-bond acceptors (Lipinski definition) is 4. The van der Waals surface area contributed by atoms with Gasteiger partial charge < -0.3 is 25.0 Å². The average Bonchev–Trinajstić information content (AvgIpc) is 2.56. The topological polar surface area (TPSA) is 75.2 Å². The molecule has 0 unspecified atom stereocenters. The molecule has 0 fully saturated rings. The van der Waals surface area contributed by atoms with Crippen molar-refractivity contribution in [2.24, 2.45) is 4.99 Å². The largest absolute Gasteiger partial charge is 0.492 e. The van der Waals surface area contributed by atoms with E-state index in [-0.39, 0.29) is 12.5 Å². The monoisotopic (exact) mass is 322 g/mol. The molecule has 0 radical (unpaired) electrons. The molecule has 0 aliphatic carbocycles. The Morgan fingerprint density at radius 1 is 1.22 bits per heavy atom. The summed E-state index contributed by atoms with van der Waals surface area (Å²) < 4.78 is 10.5. The fourth-order valence-electron chi connectivity index (χ4n) is 1.82. The number of ether oxygens (including phenoxy) is 2. The molecule has 0 spiro atoms. The third kappa shape index (κ3) is 8.06. The number of rotatable bonds is 9. The molecule has 0 aromatic heterocycles. The molecule has 0 heterocycles. The van der Waals surface area contributed by atoms with E-state index in [4.69, 9.17) is 9.47 Å². The summed E-state index contributed by atoms with van der Waals surface area (Å²) in [5, 5.41) is 5.75. The first-order valence-corrected chi connectivity index (χ1v) is 7.52. The molecule has 7 heteroatoms. The predicted octanol–water partition coefficient (Wildman–Crippen LogP) is 0.335. The lowest BCUT2D eigenvalue weighted by molar-refractivity contribution is -0.120. The van der Waals surface area contributed by atoms with Gasteiger partial charge in [-0.25, -0.2) is 0 Å². The zero-order valence-corrected chi connectivity index (χ0v) is 14.0. The summed E-state index contributed by atoms with van der Waals surface area (Å²) in [5.74, 6) is 1.38. The third-order valence-corrected chi connectivity index (χ3v) is 3.05. The Labute approximate surface area is 137 Å². The van der Waals surface area contributed by atoms with Crippen LogP contribution in [0.1, 0.15) is 0 Å². The molecule has 0 bridgehead atoms. The van der Waals surface area contributed by atoms with Crippen molar-refractivity contribution in [2.45, 2.75) is 0 Å². The van der Waals surface area contributed by atoms with E-state index in [1.165, 1.54) is 0 Å². The van der Waals surface area contributed by atoms with Crippen LogP contribution in [0, 0.1) is 0 Å². The van der Waals surface area contributed by atoms with E-state index in [1.54, 1.807) is 14.2 Å². The SMILES string of the molecule is CN=C(NCC(=O)NCCOC)N(C)CCOc1ccccc1. The number of hydrogen-bond donors (Lipinski definition) is 2. The van der Waals surface area contributed by atoms with E-state index in [0.29, 0.717) is 32.3 Å². The summed E-state index contributed by atoms with van der Waals surface area (Å²) in [6.07, 6.45) is 0. The second kappa shape index (κ2) is 11.3. The fourth-order valence-corrected chi connectivity index (χ4v) is 1.82. The van der Waals surface area contributed by atoms with Gasteiger partial charge in [-0.2, -0.15) is 0 Å². The van der Waals surface area contributed by atoms with Gasteiger partial charge in [0.05, 0.1) is 19.7 Å². The van der Waals surface area contributed by atoms with Crippen molar-refractivity contribution in [1.82, 2.24) is 15.5 Å². The quantitative estimate of drug-likeness (QED) is 0.389. The van der Waals surface area contributed by atoms with Crippen LogP contribution in [0.15, 0.2) is 35.3 Å². The van der Waals surface area contributed by atoms with Crippen molar-refractivity contribution in [2.75, 3.05) is 54.1 Å². The van der Waals surface area contributed by atoms with Crippen LogP contribution in [0.4, 0.5) is 0 Å². The first-order chi connectivity index (χ1) is 11.2. The first-order valence-electron chi connectivity index (χ1n) is 7.52. The van der Waals surface area contributed by atoms with Gasteiger partial charge in [-0.3, -0.25) is 9.79 Å². The molecule has 1 aromatic rings. The highest BCUT2D eigenvalue weighted by Crippen LogP contribution is 2.07. The minimum Gasteiger partial charge on any atom is -0.492 e. The van der Waals surface area contributed by atoms with E-state index in [9.17, 15) is 4.79 Å². The highest BCUT2D eigenvalue weighted by molar-refractivity contribution is 5.86. The van der Waals surface area contributed by atoms with Crippen LogP contribution >= 0.6 is 0 Å². The maximum atomic E-state index is 11.6. The second-order valence-corrected chi connectivity index (χ2v) is 4.83. The zero-order valence-electron chi connectivity index (χ0n) is 14.0. The number of guanidine groups is 1. The molecule has 23 heavy (non-hydrogen) atoms. The number of carbonyl (C=O) groups excluding carboxylic acids is 1. The molecule has 2 N–H and O–H groups in total. The smallest absolute Gasteiger partial charge is 0.239 e. The lowest BCUT2D eigenvalue weighted by Gasteiger charge is -2.22. The zero-order chi connectivity index (χ0) is 16.9. The highest BCUT2D eigenvalue weighted by Gasteiger charge is 2.08. The van der Waals surface area contributed by atoms with E-state index in [2.05, 4.69) is 15.6 Å². The van der Waals surface area contributed by atoms with Crippen molar-refractivity contribution >= 4 is 11.9 Å². The molecular formula is C16H26N4O3. The second-order valence-electron chi connectivity index (χ2n) is 4.83. The van der Waals surface area contributed by atoms with E-state index >= 15 is 0 Å². The lowest BCUT2D eigenvalue weighted by atomic mass is 10.3. The standard InChI is InChI=1S/C16H26N4O3/c1-17-16(19-13-15(21)18-9-11-22-3)20(2)10-12-23-14-7-5-4-6-8-14/h4-8H,9-13H2,1-3H3,(H,17,19)(H,18,21). The number of benzene rings is 1. The summed E-state index contributed by atoms with van der Waals surface area (Å²) >= 11 is 0. The van der Waals surface area contributed by atoms with Crippen LogP contribution in [0.2, 0.25) is 0 Å². The van der Waals surface area contributed by atoms with Gasteiger partial charge in [0.25, 0.3) is 0 Å². The van der Waals surface area contributed by atoms with Crippen LogP contribution in [0.25, 0.3) is 0 Å². The van der Waals surface area contributed by atoms with Gasteiger partial charge in [0.1, 0.15) is 12.4 Å². The van der Waals surface area contributed by atoms with Gasteiger partial charge in [-0.1, -0.05) is 18.2 Å². The Bertz CT molecular complexity index is 479. The fraction of sp³-hybridized carbons (Fsp3) is 0.500. The van der Waals surface area contributed by atoms with Gasteiger partial charge in [-0.15, -0.1) is 0 Å². The van der Waals surface area contributed by atoms with Gasteiger partial charge in [0.2, 0.25) is 5.91 Å². The molecule has 1 amide bonds. The Morgan fingerprint density at radius 2 is 1.96 bits per heavy atom. The summed E-state index contributed by atoms with van der Waals surface area (Å²) in [7, 11) is 5.17. The number of amides is 1. The Morgan fingerprint density at radius 3 is 2.61 bits per heavy atom. The van der Waals surface area contributed by atoms with E-state index < -0.39 is 0 Å². The number of nitrogens with one attached hydrogen (secondary N) is 2. The normalized spacial score (nSPS) is 11.0. The minimum absolute atomic E-state index is 0.0999. The average molecular weight is 322 g/mol. The number of likely N-dealkylation sites (N-methyl/N-ethyl adjacent to an activating group) is 1. The number of methoxy groups -OCH3 is 1. The molecule has 0 saturated carbocycles. The van der Waals surface area contributed by atoms with Crippen molar-refractivity contribution in [3.05, 3.63) is 30.3 Å². The van der Waals surface area contributed by atoms with Crippen LogP contribution in [0.3, 0.4) is 0 Å². The maximum absolute atomic E-state index is 11.6. The van der Waals surface area contributed by atoms with Gasteiger partial charge in [0.15, 0.2) is 5.96 Å². The van der Waals surface area contributed by atoms with Crippen LogP contribution in [-0.2, 0) is 9.53 Å². The number of nitrogens with zero attached hydrogens (tertiary/aromatic N) is 2. The summed E-state index contributed by atoms with van der Waals surface area (Å²) in [6, 6.07) is 9.64. The summed E-state index contributed by atoms with van der Waals surface area (Å²) in [4.78, 5) is 17.7. The molecule has 0 aliphatic heterocycles. The Kier molecular flexibility index (Phi) is 9.23. The predicted molar refractivity (Wildman–Crippen MR) is 90.8 cm³/mol. The molecule has 7 nitrogen and oxygen atoms in total. The van der Waals surface area contributed by atoms with Crippen molar-refractivity contribution < 1.29 is 14.3 Å². The van der Waals surface area contributed by atoms with E-state index in [0.717, 1.165) is 5.75 Å². The van der Waals surface area contributed by atoms with Gasteiger partial charge in [0, 0.05) is 27.7 Å². The lowest BCUT2D eigenvalue weighted by Crippen LogP contribution is -2.45.